The van der Waals surface area contributed by atoms with E-state index in [-0.39, 0.29) is 17.0 Å². The van der Waals surface area contributed by atoms with Crippen molar-refractivity contribution < 1.29 is 18.1 Å². The van der Waals surface area contributed by atoms with Crippen LogP contribution in [0.15, 0.2) is 71.6 Å². The minimum absolute atomic E-state index is 0.222. The second-order valence-corrected chi connectivity index (χ2v) is 10.1. The van der Waals surface area contributed by atoms with Gasteiger partial charge in [0.25, 0.3) is 5.69 Å². The van der Waals surface area contributed by atoms with Crippen molar-refractivity contribution in [3.05, 3.63) is 93.0 Å². The smallest absolute Gasteiger partial charge is 0.270 e. The van der Waals surface area contributed by atoms with Crippen LogP contribution in [-0.2, 0) is 16.4 Å². The highest BCUT2D eigenvalue weighted by molar-refractivity contribution is 7.89. The molecule has 9 nitrogen and oxygen atoms in total. The Hall–Kier alpha value is -3.85. The summed E-state index contributed by atoms with van der Waals surface area (Å²) in [5.41, 5.74) is 1.55. The lowest BCUT2D eigenvalue weighted by atomic mass is 10.0. The first-order chi connectivity index (χ1) is 16.3. The van der Waals surface area contributed by atoms with Gasteiger partial charge in [-0.15, -0.1) is 11.3 Å². The number of non-ortho nitro benzene ring substituents is 1. The number of nitrogens with one attached hydrogen (secondary N) is 1. The number of sulfonamides is 1. The van der Waals surface area contributed by atoms with E-state index in [0.29, 0.717) is 21.8 Å². The molecule has 4 aromatic rings. The Kier molecular flexibility index (Phi) is 6.56. The Morgan fingerprint density at radius 1 is 1.18 bits per heavy atom. The van der Waals surface area contributed by atoms with Gasteiger partial charge in [-0.05, 0) is 48.4 Å². The number of nitrogens with zero attached hydrogens (tertiary/aromatic N) is 3. The predicted octanol–water partition coefficient (Wildman–Crippen LogP) is 4.35. The maximum Gasteiger partial charge on any atom is 0.270 e. The molecular formula is C23H18N4O5S2. The van der Waals surface area contributed by atoms with E-state index in [2.05, 4.69) is 15.8 Å². The molecule has 0 aliphatic heterocycles. The second kappa shape index (κ2) is 9.56. The molecule has 1 N–H and O–H groups in total. The number of nitro groups is 1. The summed E-state index contributed by atoms with van der Waals surface area (Å²) in [6, 6.07) is 18.4. The first kappa shape index (κ1) is 23.3. The third kappa shape index (κ3) is 5.04. The quantitative estimate of drug-likeness (QED) is 0.284. The summed E-state index contributed by atoms with van der Waals surface area (Å²) in [5.74, 6) is 0.651. The van der Waals surface area contributed by atoms with Crippen LogP contribution in [0.3, 0.4) is 0 Å². The van der Waals surface area contributed by atoms with Gasteiger partial charge in [-0.3, -0.25) is 10.1 Å². The topological polar surface area (TPSA) is 135 Å². The molecule has 1 atom stereocenters. The first-order valence-electron chi connectivity index (χ1n) is 9.99. The number of hydrogen-bond donors (Lipinski definition) is 1. The second-order valence-electron chi connectivity index (χ2n) is 7.33. The van der Waals surface area contributed by atoms with Crippen LogP contribution in [0.25, 0.3) is 10.2 Å². The molecule has 4 rings (SSSR count). The van der Waals surface area contributed by atoms with Crippen molar-refractivity contribution in [2.24, 2.45) is 0 Å². The van der Waals surface area contributed by atoms with E-state index in [1.165, 1.54) is 29.5 Å². The van der Waals surface area contributed by atoms with Crippen molar-refractivity contribution in [2.75, 3.05) is 7.11 Å². The molecule has 34 heavy (non-hydrogen) atoms. The largest absolute Gasteiger partial charge is 0.497 e. The highest BCUT2D eigenvalue weighted by Crippen LogP contribution is 2.32. The molecule has 0 amide bonds. The van der Waals surface area contributed by atoms with E-state index in [9.17, 15) is 23.8 Å². The zero-order chi connectivity index (χ0) is 24.3. The molecule has 172 valence electrons. The number of hydrogen-bond acceptors (Lipinski definition) is 8. The van der Waals surface area contributed by atoms with E-state index >= 15 is 0 Å². The van der Waals surface area contributed by atoms with Gasteiger partial charge in [0.1, 0.15) is 10.8 Å². The van der Waals surface area contributed by atoms with Crippen molar-refractivity contribution in [1.29, 1.82) is 5.26 Å². The Morgan fingerprint density at radius 2 is 1.97 bits per heavy atom. The molecule has 0 saturated heterocycles. The van der Waals surface area contributed by atoms with Gasteiger partial charge in [-0.2, -0.15) is 5.26 Å². The molecule has 11 heteroatoms. The van der Waals surface area contributed by atoms with E-state index in [0.717, 1.165) is 16.3 Å². The fraction of sp³-hybridized carbons (Fsp3) is 0.130. The normalized spacial score (nSPS) is 12.2. The molecule has 0 fully saturated rings. The number of aromatic nitrogens is 1. The zero-order valence-electron chi connectivity index (χ0n) is 17.8. The summed E-state index contributed by atoms with van der Waals surface area (Å²) in [4.78, 5) is 14.9. The third-order valence-corrected chi connectivity index (χ3v) is 7.64. The van der Waals surface area contributed by atoms with Gasteiger partial charge in [-0.1, -0.05) is 18.2 Å². The predicted molar refractivity (Wildman–Crippen MR) is 127 cm³/mol. The number of methoxy groups -OCH3 is 1. The van der Waals surface area contributed by atoms with Crippen LogP contribution in [0.5, 0.6) is 5.75 Å². The molecule has 0 radical (unpaired) electrons. The van der Waals surface area contributed by atoms with Crippen molar-refractivity contribution in [2.45, 2.75) is 17.4 Å². The fourth-order valence-electron chi connectivity index (χ4n) is 3.40. The summed E-state index contributed by atoms with van der Waals surface area (Å²) >= 11 is 1.32. The maximum absolute atomic E-state index is 13.2. The van der Waals surface area contributed by atoms with Crippen molar-refractivity contribution in [1.82, 2.24) is 9.71 Å². The standard InChI is InChI=1S/C23H18N4O5S2/c1-32-18-8-9-20-22(13-18)33-23(25-20)21(11-15-4-2-5-16(10-15)14-24)26-34(30,31)19-7-3-6-17(12-19)27(28)29/h2-10,12-13,21,26H,11H2,1H3. The van der Waals surface area contributed by atoms with Crippen LogP contribution < -0.4 is 9.46 Å². The van der Waals surface area contributed by atoms with Crippen molar-refractivity contribution in [3.8, 4) is 11.8 Å². The molecule has 0 aliphatic rings. The van der Waals surface area contributed by atoms with Crippen molar-refractivity contribution >= 4 is 37.3 Å². The number of benzene rings is 3. The molecule has 0 saturated carbocycles. The lowest BCUT2D eigenvalue weighted by Crippen LogP contribution is -2.30. The van der Waals surface area contributed by atoms with Gasteiger partial charge in [0.2, 0.25) is 10.0 Å². The van der Waals surface area contributed by atoms with Crippen LogP contribution >= 0.6 is 11.3 Å². The van der Waals surface area contributed by atoms with E-state index in [1.54, 1.807) is 43.5 Å². The SMILES string of the molecule is COc1ccc2nc(C(Cc3cccc(C#N)c3)NS(=O)(=O)c3cccc([N+](=O)[O-])c3)sc2c1. The highest BCUT2D eigenvalue weighted by atomic mass is 32.2. The molecule has 3 aromatic carbocycles. The molecule has 0 aliphatic carbocycles. The monoisotopic (exact) mass is 494 g/mol. The van der Waals surface area contributed by atoms with Crippen molar-refractivity contribution in [3.63, 3.8) is 0 Å². The summed E-state index contributed by atoms with van der Waals surface area (Å²) in [6.45, 7) is 0. The average molecular weight is 495 g/mol. The minimum Gasteiger partial charge on any atom is -0.497 e. The number of nitro benzene ring substituents is 1. The van der Waals surface area contributed by atoms with E-state index in [4.69, 9.17) is 4.74 Å². The Bertz CT molecular complexity index is 1530. The van der Waals surface area contributed by atoms with Crippen LogP contribution in [-0.4, -0.2) is 25.4 Å². The van der Waals surface area contributed by atoms with Gasteiger partial charge < -0.3 is 4.74 Å². The molecule has 1 heterocycles. The summed E-state index contributed by atoms with van der Waals surface area (Å²) in [5, 5.41) is 20.9. The third-order valence-electron chi connectivity index (χ3n) is 5.04. The average Bonchev–Trinajstić information content (AvgIpc) is 3.27. The summed E-state index contributed by atoms with van der Waals surface area (Å²) < 4.78 is 35.1. The molecule has 0 bridgehead atoms. The first-order valence-corrected chi connectivity index (χ1v) is 12.3. The lowest BCUT2D eigenvalue weighted by Gasteiger charge is -2.17. The Morgan fingerprint density at radius 3 is 2.71 bits per heavy atom. The maximum atomic E-state index is 13.2. The molecular weight excluding hydrogens is 476 g/mol. The lowest BCUT2D eigenvalue weighted by molar-refractivity contribution is -0.385. The summed E-state index contributed by atoms with van der Waals surface area (Å²) in [6.07, 6.45) is 0.223. The van der Waals surface area contributed by atoms with Gasteiger partial charge in [0.05, 0.1) is 44.8 Å². The van der Waals surface area contributed by atoms with Crippen LogP contribution in [0.4, 0.5) is 5.69 Å². The van der Waals surface area contributed by atoms with Gasteiger partial charge in [-0.25, -0.2) is 18.1 Å². The van der Waals surface area contributed by atoms with Gasteiger partial charge >= 0.3 is 0 Å². The van der Waals surface area contributed by atoms with Gasteiger partial charge in [0.15, 0.2) is 0 Å². The molecule has 1 unspecified atom stereocenters. The number of ether oxygens (including phenoxy) is 1. The fourth-order valence-corrected chi connectivity index (χ4v) is 5.76. The van der Waals surface area contributed by atoms with Crippen LogP contribution in [0.1, 0.15) is 22.2 Å². The minimum atomic E-state index is -4.13. The molecule has 0 spiro atoms. The van der Waals surface area contributed by atoms with Crippen LogP contribution in [0.2, 0.25) is 0 Å². The highest BCUT2D eigenvalue weighted by Gasteiger charge is 2.26. The van der Waals surface area contributed by atoms with Crippen LogP contribution in [0, 0.1) is 21.4 Å². The number of thiazole rings is 1. The number of nitriles is 1. The van der Waals surface area contributed by atoms with E-state index < -0.39 is 21.0 Å². The Balaban J connectivity index is 1.75. The zero-order valence-corrected chi connectivity index (χ0v) is 19.5. The number of rotatable bonds is 8. The van der Waals surface area contributed by atoms with E-state index in [1.807, 2.05) is 6.07 Å². The number of fused-ring (bicyclic) bond motifs is 1. The molecule has 1 aromatic heterocycles. The summed E-state index contributed by atoms with van der Waals surface area (Å²) in [7, 11) is -2.57. The Labute approximate surface area is 199 Å². The van der Waals surface area contributed by atoms with Gasteiger partial charge in [0, 0.05) is 12.1 Å².